The molecule has 0 aliphatic rings. The Morgan fingerprint density at radius 2 is 1.31 bits per heavy atom. The molecule has 0 amide bonds. The van der Waals surface area contributed by atoms with Gasteiger partial charge in [0.15, 0.2) is 5.82 Å². The highest BCUT2D eigenvalue weighted by molar-refractivity contribution is 6.06. The molecule has 1 aromatic carbocycles. The van der Waals surface area contributed by atoms with E-state index in [4.69, 9.17) is 54.1 Å². The monoisotopic (exact) mass is 690 g/mol. The van der Waals surface area contributed by atoms with Crippen LogP contribution in [0.3, 0.4) is 0 Å². The highest BCUT2D eigenvalue weighted by Crippen LogP contribution is 2.30. The highest BCUT2D eigenvalue weighted by Gasteiger charge is 2.24. The molecule has 0 saturated carbocycles. The predicted molar refractivity (Wildman–Crippen MR) is 187 cm³/mol. The van der Waals surface area contributed by atoms with E-state index in [0.717, 1.165) is 22.2 Å². The van der Waals surface area contributed by atoms with Crippen molar-refractivity contribution in [3.8, 4) is 0 Å². The van der Waals surface area contributed by atoms with Gasteiger partial charge in [0.2, 0.25) is 0 Å². The number of hydrogen-bond acceptors (Lipinski definition) is 13. The minimum Gasteiger partial charge on any atom is -0.382 e. The summed E-state index contributed by atoms with van der Waals surface area (Å²) in [7, 11) is 0. The first-order valence-electron chi connectivity index (χ1n) is 16.9. The second kappa shape index (κ2) is 24.1. The average Bonchev–Trinajstić information content (AvgIpc) is 3.45. The lowest BCUT2D eigenvalue weighted by atomic mass is 10.1. The summed E-state index contributed by atoms with van der Waals surface area (Å²) in [6.45, 7) is 15.8. The van der Waals surface area contributed by atoms with E-state index in [2.05, 4.69) is 44.8 Å². The van der Waals surface area contributed by atoms with Gasteiger partial charge in [-0.05, 0) is 32.4 Å². The number of nitrogens with one attached hydrogen (secondary N) is 1. The molecule has 16 nitrogen and oxygen atoms in total. The lowest BCUT2D eigenvalue weighted by Crippen LogP contribution is -2.45. The Bertz CT molecular complexity index is 1390. The van der Waals surface area contributed by atoms with Gasteiger partial charge in [-0.1, -0.05) is 23.3 Å². The SMILES string of the molecule is CCOCc1nc2c(N)nc3ccccc3c2n1CC(C)(C)NCCOCCOCCOCCOCCOCCOCCOCCN=[N+]=[N-]. The molecule has 0 unspecified atom stereocenters. The van der Waals surface area contributed by atoms with Gasteiger partial charge in [0, 0.05) is 42.1 Å². The van der Waals surface area contributed by atoms with Gasteiger partial charge in [0.25, 0.3) is 0 Å². The maximum absolute atomic E-state index is 8.16. The summed E-state index contributed by atoms with van der Waals surface area (Å²) in [6, 6.07) is 8.00. The number of rotatable bonds is 30. The van der Waals surface area contributed by atoms with E-state index in [-0.39, 0.29) is 5.54 Å². The molecule has 3 aromatic rings. The van der Waals surface area contributed by atoms with Gasteiger partial charge in [-0.3, -0.25) is 0 Å². The smallest absolute Gasteiger partial charge is 0.152 e. The summed E-state index contributed by atoms with van der Waals surface area (Å²) < 4.78 is 46.4. The number of imidazole rings is 1. The maximum Gasteiger partial charge on any atom is 0.152 e. The molecule has 274 valence electrons. The van der Waals surface area contributed by atoms with Gasteiger partial charge < -0.3 is 53.5 Å². The first kappa shape index (κ1) is 40.3. The summed E-state index contributed by atoms with van der Waals surface area (Å²) in [4.78, 5) is 12.1. The molecule has 49 heavy (non-hydrogen) atoms. The largest absolute Gasteiger partial charge is 0.382 e. The summed E-state index contributed by atoms with van der Waals surface area (Å²) in [5, 5.41) is 8.01. The molecule has 0 aliphatic carbocycles. The number of aromatic nitrogens is 3. The van der Waals surface area contributed by atoms with Crippen molar-refractivity contribution >= 4 is 27.8 Å². The lowest BCUT2D eigenvalue weighted by molar-refractivity contribution is -0.0202. The second-order valence-electron chi connectivity index (χ2n) is 11.5. The van der Waals surface area contributed by atoms with Crippen LogP contribution in [0.1, 0.15) is 26.6 Å². The van der Waals surface area contributed by atoms with Crippen LogP contribution >= 0.6 is 0 Å². The quantitative estimate of drug-likeness (QED) is 0.0449. The molecule has 0 radical (unpaired) electrons. The number of benzene rings is 1. The Kier molecular flexibility index (Phi) is 19.8. The zero-order valence-corrected chi connectivity index (χ0v) is 29.3. The van der Waals surface area contributed by atoms with E-state index in [9.17, 15) is 0 Å². The number of pyridine rings is 1. The van der Waals surface area contributed by atoms with Crippen LogP contribution in [0.5, 0.6) is 0 Å². The van der Waals surface area contributed by atoms with Crippen LogP contribution in [0.4, 0.5) is 5.82 Å². The first-order chi connectivity index (χ1) is 24.0. The summed E-state index contributed by atoms with van der Waals surface area (Å²) >= 11 is 0. The topological polar surface area (TPSA) is 191 Å². The molecule has 0 spiro atoms. The third-order valence-electron chi connectivity index (χ3n) is 7.16. The van der Waals surface area contributed by atoms with E-state index in [1.165, 1.54) is 0 Å². The fourth-order valence-electron chi connectivity index (χ4n) is 4.86. The highest BCUT2D eigenvalue weighted by atomic mass is 16.6. The van der Waals surface area contributed by atoms with Gasteiger partial charge in [-0.2, -0.15) is 0 Å². The van der Waals surface area contributed by atoms with Crippen LogP contribution < -0.4 is 11.1 Å². The zero-order valence-electron chi connectivity index (χ0n) is 29.3. The third kappa shape index (κ3) is 15.5. The Balaban J connectivity index is 1.18. The molecule has 2 aromatic heterocycles. The molecular formula is C33H54N8O8. The van der Waals surface area contributed by atoms with Crippen molar-refractivity contribution in [1.82, 2.24) is 19.9 Å². The summed E-state index contributed by atoms with van der Waals surface area (Å²) in [5.41, 5.74) is 16.8. The number of azide groups is 1. The molecule has 16 heteroatoms. The number of ether oxygens (including phenoxy) is 8. The third-order valence-corrected chi connectivity index (χ3v) is 7.16. The fourth-order valence-corrected chi connectivity index (χ4v) is 4.86. The molecule has 3 rings (SSSR count). The van der Waals surface area contributed by atoms with Crippen LogP contribution in [-0.2, 0) is 51.0 Å². The van der Waals surface area contributed by atoms with E-state index < -0.39 is 0 Å². The molecule has 0 aliphatic heterocycles. The predicted octanol–water partition coefficient (Wildman–Crippen LogP) is 3.50. The zero-order chi connectivity index (χ0) is 35.0. The standard InChI is InChI=1S/C33H54N8O8/c1-4-42-25-29-39-30-31(27-7-5-6-8-28(27)38-32(30)34)41(29)26-33(2,3)36-9-11-43-13-15-45-17-19-47-21-23-49-24-22-48-20-18-46-16-14-44-12-10-37-40-35/h5-8,36H,4,9-26H2,1-3H3,(H2,34,38). The Morgan fingerprint density at radius 1 is 0.776 bits per heavy atom. The Labute approximate surface area is 288 Å². The summed E-state index contributed by atoms with van der Waals surface area (Å²) in [5.74, 6) is 1.25. The first-order valence-corrected chi connectivity index (χ1v) is 16.9. The van der Waals surface area contributed by atoms with Crippen molar-refractivity contribution in [1.29, 1.82) is 0 Å². The van der Waals surface area contributed by atoms with Crippen LogP contribution in [-0.4, -0.2) is 132 Å². The number of para-hydroxylation sites is 1. The molecule has 0 fully saturated rings. The van der Waals surface area contributed by atoms with Crippen LogP contribution in [0.25, 0.3) is 32.4 Å². The van der Waals surface area contributed by atoms with Crippen molar-refractivity contribution < 1.29 is 37.9 Å². The van der Waals surface area contributed by atoms with Crippen LogP contribution in [0.15, 0.2) is 29.4 Å². The van der Waals surface area contributed by atoms with E-state index in [0.29, 0.717) is 137 Å². The molecule has 0 saturated heterocycles. The van der Waals surface area contributed by atoms with Crippen molar-refractivity contribution in [3.05, 3.63) is 40.5 Å². The van der Waals surface area contributed by atoms with Gasteiger partial charge in [-0.15, -0.1) is 0 Å². The minimum absolute atomic E-state index is 0.260. The molecule has 2 heterocycles. The average molecular weight is 691 g/mol. The van der Waals surface area contributed by atoms with Gasteiger partial charge in [0.05, 0.1) is 104 Å². The minimum atomic E-state index is -0.260. The van der Waals surface area contributed by atoms with Crippen LogP contribution in [0, 0.1) is 0 Å². The molecular weight excluding hydrogens is 636 g/mol. The van der Waals surface area contributed by atoms with Crippen molar-refractivity contribution in [2.24, 2.45) is 5.11 Å². The number of nitrogen functional groups attached to an aromatic ring is 1. The van der Waals surface area contributed by atoms with Crippen LogP contribution in [0.2, 0.25) is 0 Å². The van der Waals surface area contributed by atoms with Crippen molar-refractivity contribution in [2.75, 3.05) is 118 Å². The fraction of sp³-hybridized carbons (Fsp3) is 0.697. The molecule has 3 N–H and O–H groups in total. The second-order valence-corrected chi connectivity index (χ2v) is 11.5. The molecule has 0 atom stereocenters. The number of nitrogens with two attached hydrogens (primary N) is 1. The van der Waals surface area contributed by atoms with E-state index in [1.807, 2.05) is 25.1 Å². The van der Waals surface area contributed by atoms with Crippen molar-refractivity contribution in [2.45, 2.75) is 39.5 Å². The van der Waals surface area contributed by atoms with Crippen molar-refractivity contribution in [3.63, 3.8) is 0 Å². The van der Waals surface area contributed by atoms with Gasteiger partial charge >= 0.3 is 0 Å². The van der Waals surface area contributed by atoms with Gasteiger partial charge in [-0.25, -0.2) is 9.97 Å². The normalized spacial score (nSPS) is 11.9. The van der Waals surface area contributed by atoms with E-state index in [1.54, 1.807) is 0 Å². The lowest BCUT2D eigenvalue weighted by Gasteiger charge is -2.28. The van der Waals surface area contributed by atoms with Gasteiger partial charge in [0.1, 0.15) is 17.9 Å². The number of nitrogens with zero attached hydrogens (tertiary/aromatic N) is 6. The Morgan fingerprint density at radius 3 is 1.86 bits per heavy atom. The Hall–Kier alpha value is -3.15. The molecule has 0 bridgehead atoms. The maximum atomic E-state index is 8.16. The number of fused-ring (bicyclic) bond motifs is 3. The number of anilines is 1. The number of hydrogen-bond donors (Lipinski definition) is 2. The summed E-state index contributed by atoms with van der Waals surface area (Å²) in [6.07, 6.45) is 0. The van der Waals surface area contributed by atoms with E-state index >= 15 is 0 Å².